The van der Waals surface area contributed by atoms with Crippen molar-refractivity contribution in [3.63, 3.8) is 0 Å². The second-order valence-electron chi connectivity index (χ2n) is 4.49. The van der Waals surface area contributed by atoms with Gasteiger partial charge in [-0.1, -0.05) is 41.9 Å². The van der Waals surface area contributed by atoms with Gasteiger partial charge < -0.3 is 5.32 Å². The van der Waals surface area contributed by atoms with Crippen LogP contribution in [0.4, 0.5) is 5.69 Å². The molecule has 0 atom stereocenters. The quantitative estimate of drug-likeness (QED) is 0.752. The van der Waals surface area contributed by atoms with Crippen molar-refractivity contribution in [2.24, 2.45) is 0 Å². The number of carbonyl (C=O) groups excluding carboxylic acids is 1. The van der Waals surface area contributed by atoms with Crippen LogP contribution in [0.2, 0.25) is 5.15 Å². The van der Waals surface area contributed by atoms with E-state index in [1.807, 2.05) is 30.3 Å². The number of benzene rings is 1. The van der Waals surface area contributed by atoms with Gasteiger partial charge in [0.05, 0.1) is 23.6 Å². The maximum atomic E-state index is 12.0. The first-order valence-electron chi connectivity index (χ1n) is 6.53. The molecule has 6 heteroatoms. The van der Waals surface area contributed by atoms with Crippen LogP contribution >= 0.6 is 11.6 Å². The van der Waals surface area contributed by atoms with Crippen LogP contribution in [0.1, 0.15) is 10.4 Å². The van der Waals surface area contributed by atoms with Crippen molar-refractivity contribution in [3.05, 3.63) is 71.8 Å². The molecule has 0 aliphatic heterocycles. The smallest absolute Gasteiger partial charge is 0.257 e. The van der Waals surface area contributed by atoms with Crippen molar-refractivity contribution in [3.8, 4) is 11.4 Å². The number of hydrogen-bond donors (Lipinski definition) is 1. The van der Waals surface area contributed by atoms with Gasteiger partial charge in [0, 0.05) is 11.8 Å². The normalized spacial score (nSPS) is 10.2. The lowest BCUT2D eigenvalue weighted by molar-refractivity contribution is 0.102. The van der Waals surface area contributed by atoms with Crippen LogP contribution in [-0.2, 0) is 0 Å². The first-order valence-corrected chi connectivity index (χ1v) is 6.90. The van der Waals surface area contributed by atoms with Crippen molar-refractivity contribution in [1.82, 2.24) is 15.0 Å². The fourth-order valence-corrected chi connectivity index (χ4v) is 1.95. The van der Waals surface area contributed by atoms with Gasteiger partial charge in [0.25, 0.3) is 5.91 Å². The Morgan fingerprint density at radius 1 is 0.909 bits per heavy atom. The van der Waals surface area contributed by atoms with Gasteiger partial charge in [0.2, 0.25) is 0 Å². The number of nitrogens with zero attached hydrogens (tertiary/aromatic N) is 3. The Kier molecular flexibility index (Phi) is 4.07. The van der Waals surface area contributed by atoms with E-state index in [0.717, 1.165) is 5.56 Å². The molecule has 0 spiro atoms. The minimum atomic E-state index is -0.291. The van der Waals surface area contributed by atoms with Crippen molar-refractivity contribution < 1.29 is 4.79 Å². The summed E-state index contributed by atoms with van der Waals surface area (Å²) in [6.45, 7) is 0. The number of hydrogen-bond acceptors (Lipinski definition) is 4. The Hall–Kier alpha value is -2.79. The molecule has 0 fully saturated rings. The Morgan fingerprint density at radius 3 is 2.27 bits per heavy atom. The Labute approximate surface area is 132 Å². The number of anilines is 1. The van der Waals surface area contributed by atoms with Crippen LogP contribution in [0.25, 0.3) is 11.4 Å². The molecule has 1 amide bonds. The third-order valence-electron chi connectivity index (χ3n) is 2.93. The third kappa shape index (κ3) is 3.27. The summed E-state index contributed by atoms with van der Waals surface area (Å²) in [5.41, 5.74) is 1.85. The molecular weight excluding hydrogens is 300 g/mol. The second-order valence-corrected chi connectivity index (χ2v) is 4.87. The molecule has 3 aromatic rings. The number of amides is 1. The van der Waals surface area contributed by atoms with Gasteiger partial charge in [-0.05, 0) is 12.1 Å². The summed E-state index contributed by atoms with van der Waals surface area (Å²) in [6.07, 6.45) is 4.55. The monoisotopic (exact) mass is 310 g/mol. The van der Waals surface area contributed by atoms with E-state index >= 15 is 0 Å². The van der Waals surface area contributed by atoms with E-state index in [9.17, 15) is 4.79 Å². The topological polar surface area (TPSA) is 67.8 Å². The lowest BCUT2D eigenvalue weighted by Gasteiger charge is -2.05. The summed E-state index contributed by atoms with van der Waals surface area (Å²) in [7, 11) is 0. The molecule has 5 nitrogen and oxygen atoms in total. The van der Waals surface area contributed by atoms with Gasteiger partial charge in [-0.15, -0.1) is 0 Å². The summed E-state index contributed by atoms with van der Waals surface area (Å²) < 4.78 is 0. The Balaban J connectivity index is 1.73. The van der Waals surface area contributed by atoms with E-state index in [1.165, 1.54) is 6.20 Å². The lowest BCUT2D eigenvalue weighted by Crippen LogP contribution is -2.12. The van der Waals surface area contributed by atoms with Crippen LogP contribution < -0.4 is 5.32 Å². The van der Waals surface area contributed by atoms with Gasteiger partial charge >= 0.3 is 0 Å². The number of nitrogens with one attached hydrogen (secondary N) is 1. The van der Waals surface area contributed by atoms with E-state index in [1.54, 1.807) is 24.5 Å². The summed E-state index contributed by atoms with van der Waals surface area (Å²) in [4.78, 5) is 24.4. The molecule has 108 valence electrons. The molecule has 0 bridgehead atoms. The van der Waals surface area contributed by atoms with Gasteiger partial charge in [-0.3, -0.25) is 4.79 Å². The van der Waals surface area contributed by atoms with Crippen LogP contribution in [0.3, 0.4) is 0 Å². The minimum Gasteiger partial charge on any atom is -0.319 e. The number of carbonyl (C=O) groups is 1. The largest absolute Gasteiger partial charge is 0.319 e. The average Bonchev–Trinajstić information content (AvgIpc) is 2.57. The van der Waals surface area contributed by atoms with Crippen LogP contribution in [0.15, 0.2) is 61.1 Å². The molecule has 0 unspecified atom stereocenters. The van der Waals surface area contributed by atoms with Crippen molar-refractivity contribution in [2.45, 2.75) is 0 Å². The number of aromatic nitrogens is 3. The minimum absolute atomic E-state index is 0.291. The summed E-state index contributed by atoms with van der Waals surface area (Å²) >= 11 is 5.69. The highest BCUT2D eigenvalue weighted by molar-refractivity contribution is 6.29. The number of rotatable bonds is 3. The molecule has 0 saturated carbocycles. The zero-order valence-corrected chi connectivity index (χ0v) is 12.2. The van der Waals surface area contributed by atoms with Crippen LogP contribution in [0, 0.1) is 0 Å². The Bertz CT molecular complexity index is 774. The van der Waals surface area contributed by atoms with Crippen molar-refractivity contribution in [1.29, 1.82) is 0 Å². The first-order chi connectivity index (χ1) is 10.7. The van der Waals surface area contributed by atoms with Crippen LogP contribution in [-0.4, -0.2) is 20.9 Å². The molecule has 3 rings (SSSR count). The fraction of sp³-hybridized carbons (Fsp3) is 0. The summed E-state index contributed by atoms with van der Waals surface area (Å²) in [6, 6.07) is 12.8. The van der Waals surface area contributed by atoms with E-state index in [-0.39, 0.29) is 5.91 Å². The van der Waals surface area contributed by atoms with Crippen LogP contribution in [0.5, 0.6) is 0 Å². The summed E-state index contributed by atoms with van der Waals surface area (Å²) in [5, 5.41) is 3.05. The fourth-order valence-electron chi connectivity index (χ4n) is 1.84. The number of halogens is 1. The molecule has 0 aliphatic carbocycles. The zero-order valence-electron chi connectivity index (χ0n) is 11.4. The molecule has 2 heterocycles. The van der Waals surface area contributed by atoms with Crippen molar-refractivity contribution in [2.75, 3.05) is 5.32 Å². The average molecular weight is 311 g/mol. The molecule has 2 aromatic heterocycles. The molecule has 0 radical (unpaired) electrons. The predicted molar refractivity (Wildman–Crippen MR) is 84.7 cm³/mol. The molecule has 1 N–H and O–H groups in total. The van der Waals surface area contributed by atoms with E-state index in [0.29, 0.717) is 22.2 Å². The van der Waals surface area contributed by atoms with E-state index < -0.39 is 0 Å². The maximum absolute atomic E-state index is 12.0. The molecule has 1 aromatic carbocycles. The van der Waals surface area contributed by atoms with Gasteiger partial charge in [-0.25, -0.2) is 15.0 Å². The highest BCUT2D eigenvalue weighted by Gasteiger charge is 2.07. The van der Waals surface area contributed by atoms with Gasteiger partial charge in [-0.2, -0.15) is 0 Å². The van der Waals surface area contributed by atoms with Crippen molar-refractivity contribution >= 4 is 23.2 Å². The van der Waals surface area contributed by atoms with E-state index in [4.69, 9.17) is 11.6 Å². The third-order valence-corrected chi connectivity index (χ3v) is 3.15. The standard InChI is InChI=1S/C16H11ClN4O/c17-14-7-6-12(8-18-14)16(22)21-13-9-19-15(20-10-13)11-4-2-1-3-5-11/h1-10H,(H,21,22). The highest BCUT2D eigenvalue weighted by atomic mass is 35.5. The maximum Gasteiger partial charge on any atom is 0.257 e. The SMILES string of the molecule is O=C(Nc1cnc(-c2ccccc2)nc1)c1ccc(Cl)nc1. The van der Waals surface area contributed by atoms with Gasteiger partial charge in [0.15, 0.2) is 5.82 Å². The first kappa shape index (κ1) is 14.2. The number of pyridine rings is 1. The highest BCUT2D eigenvalue weighted by Crippen LogP contribution is 2.15. The van der Waals surface area contributed by atoms with Gasteiger partial charge in [0.1, 0.15) is 5.15 Å². The van der Waals surface area contributed by atoms with E-state index in [2.05, 4.69) is 20.3 Å². The summed E-state index contributed by atoms with van der Waals surface area (Å²) in [5.74, 6) is 0.312. The molecular formula is C16H11ClN4O. The molecule has 0 aliphatic rings. The Morgan fingerprint density at radius 2 is 1.64 bits per heavy atom. The molecule has 22 heavy (non-hydrogen) atoms. The lowest BCUT2D eigenvalue weighted by atomic mass is 10.2. The second kappa shape index (κ2) is 6.32. The zero-order chi connectivity index (χ0) is 15.4. The molecule has 0 saturated heterocycles. The predicted octanol–water partition coefficient (Wildman–Crippen LogP) is 3.44.